The lowest BCUT2D eigenvalue weighted by Crippen LogP contribution is -2.02. The monoisotopic (exact) mass is 456 g/mol. The van der Waals surface area contributed by atoms with Gasteiger partial charge in [0.15, 0.2) is 0 Å². The van der Waals surface area contributed by atoms with Gasteiger partial charge in [-0.3, -0.25) is 0 Å². The zero-order valence-corrected chi connectivity index (χ0v) is 18.0. The summed E-state index contributed by atoms with van der Waals surface area (Å²) in [6.07, 6.45) is 0. The maximum atomic E-state index is 9.75. The van der Waals surface area contributed by atoms with Crippen LogP contribution in [0.3, 0.4) is 0 Å². The van der Waals surface area contributed by atoms with Gasteiger partial charge >= 0.3 is 18.8 Å². The number of hydrogen-bond donors (Lipinski definition) is 0. The molecule has 1 aromatic heterocycles. The van der Waals surface area contributed by atoms with Crippen LogP contribution in [0.1, 0.15) is 0 Å². The van der Waals surface area contributed by atoms with E-state index in [4.69, 9.17) is 13.9 Å². The second-order valence-corrected chi connectivity index (χ2v) is 6.89. The fraction of sp³-hybridized carbons (Fsp3) is 0.0800. The molecule has 4 rings (SSSR count). The first-order valence-corrected chi connectivity index (χ1v) is 9.96. The van der Waals surface area contributed by atoms with Gasteiger partial charge in [0.25, 0.3) is 0 Å². The number of methoxy groups -OCH3 is 2. The van der Waals surface area contributed by atoms with Crippen LogP contribution in [0.4, 0.5) is 17.3 Å². The number of benzene rings is 3. The van der Waals surface area contributed by atoms with E-state index < -0.39 is 7.25 Å². The summed E-state index contributed by atoms with van der Waals surface area (Å²) in [5, 5.41) is 0. The highest BCUT2D eigenvalue weighted by Gasteiger charge is 2.21. The van der Waals surface area contributed by atoms with Crippen molar-refractivity contribution in [3.8, 4) is 45.3 Å². The minimum absolute atomic E-state index is 0.801. The van der Waals surface area contributed by atoms with Crippen molar-refractivity contribution in [2.24, 2.45) is 0 Å². The van der Waals surface area contributed by atoms with Gasteiger partial charge < -0.3 is 26.7 Å². The number of halogens is 4. The van der Waals surface area contributed by atoms with Crippen LogP contribution in [0.2, 0.25) is 0 Å². The standard InChI is InChI=1S/C25H21O3.BF4/c1-26-22-12-8-19(9-13-22)24-16-21(18-6-4-3-5-7-18)17-25(28-24)20-10-14-23(27-2)15-11-20;2-1(3,4)5/h3-17H,1-2H3;/q+1;-1. The van der Waals surface area contributed by atoms with Crippen LogP contribution in [0, 0.1) is 0 Å². The van der Waals surface area contributed by atoms with Crippen molar-refractivity contribution in [3.05, 3.63) is 91.0 Å². The SMILES string of the molecule is COc1ccc(-c2cc(-c3ccccc3)cc(-c3ccc(OC)cc3)[o+]2)cc1.F[B-](F)(F)F. The lowest BCUT2D eigenvalue weighted by molar-refractivity contribution is 0.368. The Hall–Kier alpha value is -3.81. The molecule has 1 heterocycles. The van der Waals surface area contributed by atoms with Crippen molar-refractivity contribution in [1.82, 2.24) is 0 Å². The molecule has 33 heavy (non-hydrogen) atoms. The fourth-order valence-electron chi connectivity index (χ4n) is 3.09. The van der Waals surface area contributed by atoms with Gasteiger partial charge in [-0.25, -0.2) is 4.42 Å². The largest absolute Gasteiger partial charge is 0.673 e. The van der Waals surface area contributed by atoms with Crippen LogP contribution in [-0.2, 0) is 0 Å². The van der Waals surface area contributed by atoms with Crippen LogP contribution in [0.25, 0.3) is 33.8 Å². The average molecular weight is 456 g/mol. The highest BCUT2D eigenvalue weighted by molar-refractivity contribution is 6.50. The van der Waals surface area contributed by atoms with E-state index in [1.165, 1.54) is 0 Å². The number of hydrogen-bond acceptors (Lipinski definition) is 2. The maximum absolute atomic E-state index is 9.75. The molecule has 0 fully saturated rings. The highest BCUT2D eigenvalue weighted by atomic mass is 19.5. The van der Waals surface area contributed by atoms with Gasteiger partial charge in [0, 0.05) is 5.56 Å². The molecule has 0 aliphatic heterocycles. The zero-order valence-electron chi connectivity index (χ0n) is 18.0. The predicted octanol–water partition coefficient (Wildman–Crippen LogP) is 7.88. The Morgan fingerprint density at radius 3 is 1.30 bits per heavy atom. The Balaban J connectivity index is 0.000000555. The molecular weight excluding hydrogens is 435 g/mol. The van der Waals surface area contributed by atoms with Crippen LogP contribution < -0.4 is 9.47 Å². The third kappa shape index (κ3) is 7.10. The summed E-state index contributed by atoms with van der Waals surface area (Å²) >= 11 is 0. The molecule has 0 amide bonds. The van der Waals surface area contributed by atoms with Crippen LogP contribution in [-0.4, -0.2) is 21.5 Å². The summed E-state index contributed by atoms with van der Waals surface area (Å²) in [4.78, 5) is 0. The van der Waals surface area contributed by atoms with Gasteiger partial charge in [-0.1, -0.05) is 30.3 Å². The molecule has 0 bridgehead atoms. The fourth-order valence-corrected chi connectivity index (χ4v) is 3.09. The molecule has 0 aliphatic rings. The van der Waals surface area contributed by atoms with E-state index in [-0.39, 0.29) is 0 Å². The van der Waals surface area contributed by atoms with E-state index in [1.54, 1.807) is 14.2 Å². The van der Waals surface area contributed by atoms with Gasteiger partial charge in [0.05, 0.1) is 37.5 Å². The highest BCUT2D eigenvalue weighted by Crippen LogP contribution is 2.34. The molecule has 0 radical (unpaired) electrons. The smallest absolute Gasteiger partial charge is 0.497 e. The summed E-state index contributed by atoms with van der Waals surface area (Å²) in [6, 6.07) is 30.2. The zero-order chi connectivity index (χ0) is 23.8. The first-order chi connectivity index (χ1) is 15.8. The molecule has 0 atom stereocenters. The van der Waals surface area contributed by atoms with E-state index in [0.717, 1.165) is 45.3 Å². The average Bonchev–Trinajstić information content (AvgIpc) is 2.83. The van der Waals surface area contributed by atoms with Gasteiger partial charge in [0.2, 0.25) is 0 Å². The van der Waals surface area contributed by atoms with Crippen molar-refractivity contribution >= 4 is 7.25 Å². The quantitative estimate of drug-likeness (QED) is 0.174. The molecule has 0 spiro atoms. The molecule has 3 nitrogen and oxygen atoms in total. The van der Waals surface area contributed by atoms with Gasteiger partial charge in [-0.15, -0.1) is 0 Å². The maximum Gasteiger partial charge on any atom is 0.673 e. The first kappa shape index (κ1) is 23.8. The summed E-state index contributed by atoms with van der Waals surface area (Å²) < 4.78 is 55.8. The minimum atomic E-state index is -6.00. The first-order valence-electron chi connectivity index (χ1n) is 9.96. The van der Waals surface area contributed by atoms with Crippen molar-refractivity contribution in [1.29, 1.82) is 0 Å². The molecule has 0 saturated carbocycles. The molecule has 4 aromatic rings. The van der Waals surface area contributed by atoms with Gasteiger partial charge in [-0.05, 0) is 54.1 Å². The van der Waals surface area contributed by atoms with E-state index in [0.29, 0.717) is 0 Å². The summed E-state index contributed by atoms with van der Waals surface area (Å²) in [7, 11) is -2.67. The number of ether oxygens (including phenoxy) is 2. The Morgan fingerprint density at radius 2 is 0.939 bits per heavy atom. The molecule has 8 heteroatoms. The molecule has 0 N–H and O–H groups in total. The van der Waals surface area contributed by atoms with E-state index >= 15 is 0 Å². The third-order valence-electron chi connectivity index (χ3n) is 4.65. The van der Waals surface area contributed by atoms with E-state index in [1.807, 2.05) is 66.7 Å². The van der Waals surface area contributed by atoms with Crippen molar-refractivity contribution in [2.75, 3.05) is 14.2 Å². The van der Waals surface area contributed by atoms with Crippen molar-refractivity contribution in [3.63, 3.8) is 0 Å². The summed E-state index contributed by atoms with van der Waals surface area (Å²) in [6.45, 7) is 0. The molecule has 0 aliphatic carbocycles. The normalized spacial score (nSPS) is 10.7. The van der Waals surface area contributed by atoms with Gasteiger partial charge in [0.1, 0.15) is 11.5 Å². The molecule has 0 saturated heterocycles. The molecular formula is C25H21BF4O3. The van der Waals surface area contributed by atoms with Crippen molar-refractivity contribution < 1.29 is 31.2 Å². The third-order valence-corrected chi connectivity index (χ3v) is 4.65. The second-order valence-electron chi connectivity index (χ2n) is 6.89. The number of rotatable bonds is 5. The Morgan fingerprint density at radius 1 is 0.545 bits per heavy atom. The minimum Gasteiger partial charge on any atom is -0.497 e. The second kappa shape index (κ2) is 10.7. The topological polar surface area (TPSA) is 29.8 Å². The Labute approximate surface area is 189 Å². The Kier molecular flexibility index (Phi) is 7.72. The Bertz CT molecular complexity index is 1090. The molecule has 0 unspecified atom stereocenters. The van der Waals surface area contributed by atoms with Crippen molar-refractivity contribution in [2.45, 2.75) is 0 Å². The van der Waals surface area contributed by atoms with Crippen LogP contribution in [0.5, 0.6) is 11.5 Å². The predicted molar refractivity (Wildman–Crippen MR) is 123 cm³/mol. The molecule has 170 valence electrons. The lowest BCUT2D eigenvalue weighted by atomic mass is 10.0. The van der Waals surface area contributed by atoms with Crippen LogP contribution >= 0.6 is 0 Å². The van der Waals surface area contributed by atoms with E-state index in [9.17, 15) is 17.3 Å². The van der Waals surface area contributed by atoms with Gasteiger partial charge in [-0.2, -0.15) is 0 Å². The summed E-state index contributed by atoms with van der Waals surface area (Å²) in [5.74, 6) is 3.24. The van der Waals surface area contributed by atoms with Crippen LogP contribution in [0.15, 0.2) is 95.4 Å². The summed E-state index contributed by atoms with van der Waals surface area (Å²) in [5.41, 5.74) is 4.23. The lowest BCUT2D eigenvalue weighted by Gasteiger charge is -2.03. The molecule has 3 aromatic carbocycles. The van der Waals surface area contributed by atoms with E-state index in [2.05, 4.69) is 24.3 Å².